The molecule has 0 aliphatic carbocycles. The number of rotatable bonds is 5. The van der Waals surface area contributed by atoms with E-state index in [1.807, 2.05) is 13.8 Å². The van der Waals surface area contributed by atoms with Gasteiger partial charge in [0.05, 0.1) is 0 Å². The van der Waals surface area contributed by atoms with Crippen LogP contribution in [0, 0.1) is 11.8 Å². The summed E-state index contributed by atoms with van der Waals surface area (Å²) < 4.78 is 4.97. The Hall–Kier alpha value is -0.530. The van der Waals surface area contributed by atoms with Gasteiger partial charge in [-0.05, 0) is 32.1 Å². The third-order valence-electron chi connectivity index (χ3n) is 2.32. The van der Waals surface area contributed by atoms with Gasteiger partial charge in [0.1, 0.15) is 5.60 Å². The van der Waals surface area contributed by atoms with E-state index in [2.05, 4.69) is 20.8 Å². The first-order valence-electron chi connectivity index (χ1n) is 4.50. The van der Waals surface area contributed by atoms with E-state index >= 15 is 0 Å². The Bertz CT molecular complexity index is 139. The molecule has 0 bridgehead atoms. The van der Waals surface area contributed by atoms with Crippen LogP contribution in [0.3, 0.4) is 0 Å². The molecule has 0 aliphatic heterocycles. The van der Waals surface area contributed by atoms with Gasteiger partial charge in [-0.3, -0.25) is 4.79 Å². The molecule has 0 aliphatic rings. The second-order valence-electron chi connectivity index (χ2n) is 4.40. The van der Waals surface area contributed by atoms with Crippen molar-refractivity contribution in [3.63, 3.8) is 0 Å². The highest BCUT2D eigenvalue weighted by molar-refractivity contribution is 5.38. The van der Waals surface area contributed by atoms with Crippen molar-refractivity contribution < 1.29 is 9.53 Å². The Morgan fingerprint density at radius 2 is 1.83 bits per heavy atom. The lowest BCUT2D eigenvalue weighted by atomic mass is 9.87. The Labute approximate surface area is 75.3 Å². The summed E-state index contributed by atoms with van der Waals surface area (Å²) in [6.45, 7) is 11.0. The second kappa shape index (κ2) is 4.48. The van der Waals surface area contributed by atoms with Crippen LogP contribution in [0.25, 0.3) is 0 Å². The zero-order valence-electron chi connectivity index (χ0n) is 8.76. The SMILES string of the molecule is CC(C)C(C)CC(C)(C)OC=O. The van der Waals surface area contributed by atoms with Gasteiger partial charge in [-0.1, -0.05) is 20.8 Å². The van der Waals surface area contributed by atoms with E-state index in [1.54, 1.807) is 0 Å². The van der Waals surface area contributed by atoms with Crippen LogP contribution in [-0.4, -0.2) is 12.1 Å². The van der Waals surface area contributed by atoms with Crippen LogP contribution in [0.2, 0.25) is 0 Å². The summed E-state index contributed by atoms with van der Waals surface area (Å²) in [6.07, 6.45) is 0.920. The highest BCUT2D eigenvalue weighted by Gasteiger charge is 2.23. The molecule has 0 rings (SSSR count). The number of carbonyl (C=O) groups excluding carboxylic acids is 1. The molecule has 0 N–H and O–H groups in total. The van der Waals surface area contributed by atoms with Crippen molar-refractivity contribution in [2.24, 2.45) is 11.8 Å². The lowest BCUT2D eigenvalue weighted by Gasteiger charge is -2.27. The molecule has 72 valence electrons. The van der Waals surface area contributed by atoms with Gasteiger partial charge in [-0.2, -0.15) is 0 Å². The van der Waals surface area contributed by atoms with Crippen molar-refractivity contribution in [3.05, 3.63) is 0 Å². The maximum absolute atomic E-state index is 10.1. The van der Waals surface area contributed by atoms with Crippen molar-refractivity contribution >= 4 is 6.47 Å². The van der Waals surface area contributed by atoms with Crippen molar-refractivity contribution in [3.8, 4) is 0 Å². The molecule has 12 heavy (non-hydrogen) atoms. The van der Waals surface area contributed by atoms with Gasteiger partial charge in [-0.25, -0.2) is 0 Å². The third-order valence-corrected chi connectivity index (χ3v) is 2.32. The van der Waals surface area contributed by atoms with E-state index in [-0.39, 0.29) is 5.60 Å². The van der Waals surface area contributed by atoms with Gasteiger partial charge in [0.2, 0.25) is 0 Å². The molecule has 0 fully saturated rings. The average Bonchev–Trinajstić information content (AvgIpc) is 1.85. The second-order valence-corrected chi connectivity index (χ2v) is 4.40. The molecule has 0 aromatic heterocycles. The molecule has 2 heteroatoms. The van der Waals surface area contributed by atoms with E-state index in [4.69, 9.17) is 4.74 Å². The Balaban J connectivity index is 3.95. The summed E-state index contributed by atoms with van der Waals surface area (Å²) in [5.74, 6) is 1.22. The number of hydrogen-bond acceptors (Lipinski definition) is 2. The first-order valence-corrected chi connectivity index (χ1v) is 4.50. The standard InChI is InChI=1S/C10H20O2/c1-8(2)9(3)6-10(4,5)12-7-11/h7-9H,6H2,1-5H3. The lowest BCUT2D eigenvalue weighted by molar-refractivity contribution is -0.141. The molecule has 1 unspecified atom stereocenters. The topological polar surface area (TPSA) is 26.3 Å². The van der Waals surface area contributed by atoms with Crippen LogP contribution in [0.4, 0.5) is 0 Å². The number of carbonyl (C=O) groups is 1. The highest BCUT2D eigenvalue weighted by Crippen LogP contribution is 2.24. The molecule has 0 aromatic carbocycles. The Morgan fingerprint density at radius 1 is 1.33 bits per heavy atom. The average molecular weight is 172 g/mol. The van der Waals surface area contributed by atoms with E-state index in [0.29, 0.717) is 18.3 Å². The van der Waals surface area contributed by atoms with Crippen LogP contribution < -0.4 is 0 Å². The number of ether oxygens (including phenoxy) is 1. The van der Waals surface area contributed by atoms with Crippen molar-refractivity contribution in [1.29, 1.82) is 0 Å². The van der Waals surface area contributed by atoms with Crippen LogP contribution in [0.15, 0.2) is 0 Å². The summed E-state index contributed by atoms with van der Waals surface area (Å²) in [6, 6.07) is 0. The molecule has 1 atom stereocenters. The van der Waals surface area contributed by atoms with Crippen LogP contribution in [-0.2, 0) is 9.53 Å². The van der Waals surface area contributed by atoms with E-state index < -0.39 is 0 Å². The van der Waals surface area contributed by atoms with Crippen LogP contribution in [0.1, 0.15) is 41.0 Å². The van der Waals surface area contributed by atoms with E-state index in [0.717, 1.165) is 6.42 Å². The molecule has 0 heterocycles. The molecular formula is C10H20O2. The summed E-state index contributed by atoms with van der Waals surface area (Å²) >= 11 is 0. The fraction of sp³-hybridized carbons (Fsp3) is 0.900. The van der Waals surface area contributed by atoms with E-state index in [1.165, 1.54) is 0 Å². The molecule has 2 nitrogen and oxygen atoms in total. The zero-order chi connectivity index (χ0) is 9.78. The summed E-state index contributed by atoms with van der Waals surface area (Å²) in [7, 11) is 0. The van der Waals surface area contributed by atoms with Crippen molar-refractivity contribution in [2.75, 3.05) is 0 Å². The van der Waals surface area contributed by atoms with Gasteiger partial charge in [0.25, 0.3) is 6.47 Å². The molecule has 0 spiro atoms. The first kappa shape index (κ1) is 11.5. The van der Waals surface area contributed by atoms with Gasteiger partial charge in [0.15, 0.2) is 0 Å². The number of hydrogen-bond donors (Lipinski definition) is 0. The normalized spacial score (nSPS) is 14.5. The molecule has 0 saturated carbocycles. The molecular weight excluding hydrogens is 152 g/mol. The molecule has 0 radical (unpaired) electrons. The van der Waals surface area contributed by atoms with Crippen molar-refractivity contribution in [1.82, 2.24) is 0 Å². The Kier molecular flexibility index (Phi) is 4.29. The van der Waals surface area contributed by atoms with Gasteiger partial charge in [0, 0.05) is 0 Å². The maximum Gasteiger partial charge on any atom is 0.293 e. The quantitative estimate of drug-likeness (QED) is 0.596. The lowest BCUT2D eigenvalue weighted by Crippen LogP contribution is -2.28. The van der Waals surface area contributed by atoms with Gasteiger partial charge < -0.3 is 4.74 Å². The minimum absolute atomic E-state index is 0.314. The highest BCUT2D eigenvalue weighted by atomic mass is 16.5. The van der Waals surface area contributed by atoms with Gasteiger partial charge in [-0.15, -0.1) is 0 Å². The predicted octanol–water partition coefficient (Wildman–Crippen LogP) is 2.62. The Morgan fingerprint density at radius 3 is 2.17 bits per heavy atom. The minimum Gasteiger partial charge on any atom is -0.462 e. The summed E-state index contributed by atoms with van der Waals surface area (Å²) in [5.41, 5.74) is -0.314. The fourth-order valence-corrected chi connectivity index (χ4v) is 1.19. The smallest absolute Gasteiger partial charge is 0.293 e. The molecule has 0 aromatic rings. The first-order chi connectivity index (χ1) is 5.39. The fourth-order valence-electron chi connectivity index (χ4n) is 1.19. The predicted molar refractivity (Wildman–Crippen MR) is 49.8 cm³/mol. The van der Waals surface area contributed by atoms with Crippen LogP contribution >= 0.6 is 0 Å². The largest absolute Gasteiger partial charge is 0.462 e. The van der Waals surface area contributed by atoms with Crippen molar-refractivity contribution in [2.45, 2.75) is 46.6 Å². The third kappa shape index (κ3) is 4.37. The molecule has 0 amide bonds. The van der Waals surface area contributed by atoms with Gasteiger partial charge >= 0.3 is 0 Å². The monoisotopic (exact) mass is 172 g/mol. The maximum atomic E-state index is 10.1. The zero-order valence-corrected chi connectivity index (χ0v) is 8.76. The molecule has 0 saturated heterocycles. The minimum atomic E-state index is -0.314. The van der Waals surface area contributed by atoms with Crippen LogP contribution in [0.5, 0.6) is 0 Å². The summed E-state index contributed by atoms with van der Waals surface area (Å²) in [4.78, 5) is 10.1. The summed E-state index contributed by atoms with van der Waals surface area (Å²) in [5, 5.41) is 0. The van der Waals surface area contributed by atoms with E-state index in [9.17, 15) is 4.79 Å².